The minimum absolute atomic E-state index is 0.133. The van der Waals surface area contributed by atoms with Crippen molar-refractivity contribution >= 4 is 28.3 Å². The Bertz CT molecular complexity index is 561. The minimum Gasteiger partial charge on any atom is -0.382 e. The molecule has 3 rings (SSSR count). The highest BCUT2D eigenvalue weighted by molar-refractivity contribution is 14.1. The number of hydrogen-bond acceptors (Lipinski definition) is 1. The molecule has 0 unspecified atom stereocenters. The van der Waals surface area contributed by atoms with Crippen LogP contribution in [0, 0.1) is 9.39 Å². The van der Waals surface area contributed by atoms with Crippen LogP contribution in [0.4, 0.5) is 10.1 Å². The van der Waals surface area contributed by atoms with Crippen LogP contribution in [0.2, 0.25) is 0 Å². The maximum absolute atomic E-state index is 13.2. The van der Waals surface area contributed by atoms with Crippen LogP contribution in [0.25, 0.3) is 0 Å². The summed E-state index contributed by atoms with van der Waals surface area (Å²) in [6, 6.07) is 15.9. The largest absolute Gasteiger partial charge is 0.382 e. The molecule has 1 nitrogen and oxygen atoms in total. The molecule has 1 fully saturated rings. The van der Waals surface area contributed by atoms with Crippen LogP contribution in [0.1, 0.15) is 24.3 Å². The summed E-state index contributed by atoms with van der Waals surface area (Å²) >= 11 is 2.30. The van der Waals surface area contributed by atoms with Crippen LogP contribution in [0.3, 0.4) is 0 Å². The van der Waals surface area contributed by atoms with Gasteiger partial charge < -0.3 is 5.32 Å². The molecular formula is C16H15FIN. The smallest absolute Gasteiger partial charge is 0.123 e. The fourth-order valence-electron chi connectivity index (χ4n) is 2.55. The van der Waals surface area contributed by atoms with Gasteiger partial charge in [0.1, 0.15) is 5.82 Å². The van der Waals surface area contributed by atoms with E-state index in [-0.39, 0.29) is 5.82 Å². The molecule has 0 atom stereocenters. The van der Waals surface area contributed by atoms with Crippen molar-refractivity contribution in [3.63, 3.8) is 0 Å². The van der Waals surface area contributed by atoms with Gasteiger partial charge in [-0.2, -0.15) is 0 Å². The number of rotatable bonds is 3. The van der Waals surface area contributed by atoms with E-state index in [0.29, 0.717) is 12.0 Å². The van der Waals surface area contributed by atoms with Crippen LogP contribution in [-0.4, -0.2) is 6.04 Å². The molecule has 1 N–H and O–H groups in total. The lowest BCUT2D eigenvalue weighted by Crippen LogP contribution is -2.34. The first-order valence-electron chi connectivity index (χ1n) is 6.48. The van der Waals surface area contributed by atoms with E-state index in [9.17, 15) is 4.39 Å². The monoisotopic (exact) mass is 367 g/mol. The van der Waals surface area contributed by atoms with Crippen LogP contribution < -0.4 is 5.32 Å². The Morgan fingerprint density at radius 1 is 1.05 bits per heavy atom. The number of hydrogen-bond donors (Lipinski definition) is 1. The summed E-state index contributed by atoms with van der Waals surface area (Å²) in [4.78, 5) is 0. The maximum atomic E-state index is 13.2. The molecule has 1 aliphatic carbocycles. The van der Waals surface area contributed by atoms with Gasteiger partial charge in [0.2, 0.25) is 0 Å². The third kappa shape index (κ3) is 3.08. The zero-order valence-corrected chi connectivity index (χ0v) is 12.6. The van der Waals surface area contributed by atoms with Gasteiger partial charge in [-0.1, -0.05) is 12.1 Å². The molecule has 1 saturated carbocycles. The molecule has 2 aromatic carbocycles. The zero-order valence-electron chi connectivity index (χ0n) is 10.4. The summed E-state index contributed by atoms with van der Waals surface area (Å²) in [5.74, 6) is 0.364. The summed E-state index contributed by atoms with van der Waals surface area (Å²) in [7, 11) is 0. The predicted molar refractivity (Wildman–Crippen MR) is 84.9 cm³/mol. The van der Waals surface area contributed by atoms with E-state index in [1.165, 1.54) is 15.3 Å². The Morgan fingerprint density at radius 2 is 1.79 bits per heavy atom. The van der Waals surface area contributed by atoms with Crippen molar-refractivity contribution in [2.24, 2.45) is 0 Å². The topological polar surface area (TPSA) is 12.0 Å². The fraction of sp³-hybridized carbons (Fsp3) is 0.250. The maximum Gasteiger partial charge on any atom is 0.123 e. The quantitative estimate of drug-likeness (QED) is 0.770. The van der Waals surface area contributed by atoms with Gasteiger partial charge in [0.05, 0.1) is 0 Å². The second kappa shape index (κ2) is 5.49. The molecule has 0 heterocycles. The first-order chi connectivity index (χ1) is 9.20. The summed E-state index contributed by atoms with van der Waals surface area (Å²) in [5, 5.41) is 3.52. The lowest BCUT2D eigenvalue weighted by molar-refractivity contribution is 0.373. The van der Waals surface area contributed by atoms with Crippen molar-refractivity contribution in [1.29, 1.82) is 0 Å². The van der Waals surface area contributed by atoms with Crippen molar-refractivity contribution in [2.45, 2.75) is 24.8 Å². The van der Waals surface area contributed by atoms with E-state index in [0.717, 1.165) is 18.4 Å². The highest BCUT2D eigenvalue weighted by Gasteiger charge is 2.30. The molecule has 3 heteroatoms. The lowest BCUT2D eigenvalue weighted by Gasteiger charge is -2.37. The fourth-order valence-corrected chi connectivity index (χ4v) is 2.91. The van der Waals surface area contributed by atoms with Crippen LogP contribution >= 0.6 is 22.6 Å². The number of anilines is 1. The van der Waals surface area contributed by atoms with Crippen molar-refractivity contribution in [3.05, 3.63) is 63.5 Å². The second-order valence-corrected chi connectivity index (χ2v) is 6.32. The van der Waals surface area contributed by atoms with Crippen molar-refractivity contribution < 1.29 is 4.39 Å². The van der Waals surface area contributed by atoms with Gasteiger partial charge in [-0.25, -0.2) is 4.39 Å². The van der Waals surface area contributed by atoms with Crippen molar-refractivity contribution in [2.75, 3.05) is 5.32 Å². The van der Waals surface area contributed by atoms with Gasteiger partial charge in [0.25, 0.3) is 0 Å². The van der Waals surface area contributed by atoms with Gasteiger partial charge in [0, 0.05) is 15.3 Å². The van der Waals surface area contributed by atoms with Crippen LogP contribution in [0.5, 0.6) is 0 Å². The van der Waals surface area contributed by atoms with E-state index < -0.39 is 0 Å². The predicted octanol–water partition coefficient (Wildman–Crippen LogP) is 4.79. The normalized spacial score (nSPS) is 21.8. The molecule has 0 radical (unpaired) electrons. The number of benzene rings is 2. The molecule has 98 valence electrons. The lowest BCUT2D eigenvalue weighted by atomic mass is 9.76. The van der Waals surface area contributed by atoms with E-state index in [1.54, 1.807) is 12.1 Å². The van der Waals surface area contributed by atoms with Crippen LogP contribution in [-0.2, 0) is 0 Å². The van der Waals surface area contributed by atoms with E-state index in [4.69, 9.17) is 0 Å². The van der Waals surface area contributed by atoms with Gasteiger partial charge in [-0.05, 0) is 83.3 Å². The highest BCUT2D eigenvalue weighted by Crippen LogP contribution is 2.38. The Hall–Kier alpha value is -1.10. The van der Waals surface area contributed by atoms with Crippen molar-refractivity contribution in [3.8, 4) is 0 Å². The molecule has 0 spiro atoms. The molecule has 1 aliphatic rings. The molecule has 0 bridgehead atoms. The number of halogens is 2. The summed E-state index contributed by atoms with van der Waals surface area (Å²) in [6.07, 6.45) is 2.16. The molecule has 0 saturated heterocycles. The summed E-state index contributed by atoms with van der Waals surface area (Å²) in [5.41, 5.74) is 2.30. The van der Waals surface area contributed by atoms with E-state index in [2.05, 4.69) is 52.2 Å². The third-order valence-electron chi connectivity index (χ3n) is 3.67. The first-order valence-corrected chi connectivity index (χ1v) is 7.56. The Kier molecular flexibility index (Phi) is 3.73. The first kappa shape index (κ1) is 12.9. The Balaban J connectivity index is 1.57. The zero-order chi connectivity index (χ0) is 13.2. The molecule has 2 aromatic rings. The molecular weight excluding hydrogens is 352 g/mol. The molecule has 0 aromatic heterocycles. The van der Waals surface area contributed by atoms with Gasteiger partial charge in [0.15, 0.2) is 0 Å². The molecule has 19 heavy (non-hydrogen) atoms. The SMILES string of the molecule is Fc1cccc(C2CC(Nc3ccc(I)cc3)C2)c1. The molecule has 0 amide bonds. The van der Waals surface area contributed by atoms with E-state index >= 15 is 0 Å². The standard InChI is InChI=1S/C16H15FIN/c17-13-3-1-2-11(8-13)12-9-16(10-12)19-15-6-4-14(18)5-7-15/h1-8,12,16,19H,9-10H2. The summed E-state index contributed by atoms with van der Waals surface area (Å²) in [6.45, 7) is 0. The average Bonchev–Trinajstić information content (AvgIpc) is 2.35. The second-order valence-electron chi connectivity index (χ2n) is 5.07. The van der Waals surface area contributed by atoms with Crippen LogP contribution in [0.15, 0.2) is 48.5 Å². The Labute approximate surface area is 126 Å². The average molecular weight is 367 g/mol. The van der Waals surface area contributed by atoms with Crippen molar-refractivity contribution in [1.82, 2.24) is 0 Å². The summed E-state index contributed by atoms with van der Waals surface area (Å²) < 4.78 is 14.4. The minimum atomic E-state index is -0.133. The van der Waals surface area contributed by atoms with Gasteiger partial charge >= 0.3 is 0 Å². The Morgan fingerprint density at radius 3 is 2.47 bits per heavy atom. The number of nitrogens with one attached hydrogen (secondary N) is 1. The molecule has 0 aliphatic heterocycles. The van der Waals surface area contributed by atoms with Gasteiger partial charge in [-0.15, -0.1) is 0 Å². The third-order valence-corrected chi connectivity index (χ3v) is 4.39. The van der Waals surface area contributed by atoms with E-state index in [1.807, 2.05) is 6.07 Å². The van der Waals surface area contributed by atoms with Gasteiger partial charge in [-0.3, -0.25) is 0 Å². The highest BCUT2D eigenvalue weighted by atomic mass is 127.